The highest BCUT2D eigenvalue weighted by atomic mass is 16.5. The minimum atomic E-state index is -0.391. The van der Waals surface area contributed by atoms with Gasteiger partial charge < -0.3 is 0 Å². The first-order valence-corrected chi connectivity index (χ1v) is 8.32. The summed E-state index contributed by atoms with van der Waals surface area (Å²) in [5.74, 6) is 0.0479. The van der Waals surface area contributed by atoms with Crippen LogP contribution in [0.15, 0.2) is 16.8 Å². The van der Waals surface area contributed by atoms with Crippen molar-refractivity contribution in [2.45, 2.75) is 72.1 Å². The van der Waals surface area contributed by atoms with Gasteiger partial charge in [-0.1, -0.05) is 25.0 Å². The molecule has 0 saturated carbocycles. The molecule has 0 unspecified atom stereocenters. The van der Waals surface area contributed by atoms with Crippen LogP contribution in [0.3, 0.4) is 0 Å². The lowest BCUT2D eigenvalue weighted by Crippen LogP contribution is -2.18. The molecule has 6 heteroatoms. The standard InChI is InChI=1S/C17H31N3O3/c1-14(2)8-7-9-15(3)12-13-18-19-16(21)10-5-4-6-11-17(22)20-23/h8,13,15,23H,4-7,9-12H2,1-3H3,(H,19,21)(H,20,22)/b18-13+/t15-/m1/s1. The molecule has 0 aromatic rings. The number of rotatable bonds is 12. The monoisotopic (exact) mass is 325 g/mol. The number of nitrogens with zero attached hydrogens (tertiary/aromatic N) is 1. The Bertz CT molecular complexity index is 402. The molecule has 1 atom stereocenters. The summed E-state index contributed by atoms with van der Waals surface area (Å²) in [5, 5.41) is 12.3. The second-order valence-corrected chi connectivity index (χ2v) is 6.14. The van der Waals surface area contributed by atoms with Gasteiger partial charge in [0.05, 0.1) is 0 Å². The molecule has 0 fully saturated rings. The quantitative estimate of drug-likeness (QED) is 0.169. The third kappa shape index (κ3) is 15.0. The van der Waals surface area contributed by atoms with Crippen molar-refractivity contribution in [3.05, 3.63) is 11.6 Å². The Morgan fingerprint density at radius 1 is 1.13 bits per heavy atom. The van der Waals surface area contributed by atoms with E-state index in [1.807, 2.05) is 0 Å². The first-order valence-electron chi connectivity index (χ1n) is 8.32. The van der Waals surface area contributed by atoms with Crippen LogP contribution in [-0.4, -0.2) is 23.2 Å². The number of hydrazone groups is 1. The van der Waals surface area contributed by atoms with Crippen LogP contribution in [0.4, 0.5) is 0 Å². The summed E-state index contributed by atoms with van der Waals surface area (Å²) in [6.45, 7) is 6.38. The molecule has 132 valence electrons. The van der Waals surface area contributed by atoms with Crippen molar-refractivity contribution in [3.63, 3.8) is 0 Å². The number of allylic oxidation sites excluding steroid dienone is 2. The predicted molar refractivity (Wildman–Crippen MR) is 92.1 cm³/mol. The minimum Gasteiger partial charge on any atom is -0.289 e. The Labute approximate surface area is 139 Å². The Morgan fingerprint density at radius 3 is 2.39 bits per heavy atom. The molecule has 0 aliphatic carbocycles. The first kappa shape index (κ1) is 21.3. The Kier molecular flexibility index (Phi) is 12.9. The third-order valence-corrected chi connectivity index (χ3v) is 3.43. The van der Waals surface area contributed by atoms with Gasteiger partial charge in [0, 0.05) is 19.1 Å². The highest BCUT2D eigenvalue weighted by Gasteiger charge is 2.02. The fourth-order valence-electron chi connectivity index (χ4n) is 1.98. The zero-order valence-corrected chi connectivity index (χ0v) is 14.6. The molecule has 0 aliphatic rings. The Balaban J connectivity index is 3.60. The summed E-state index contributed by atoms with van der Waals surface area (Å²) in [6, 6.07) is 0. The van der Waals surface area contributed by atoms with Crippen LogP contribution in [-0.2, 0) is 9.59 Å². The molecular formula is C17H31N3O3. The van der Waals surface area contributed by atoms with Crippen molar-refractivity contribution in [2.75, 3.05) is 0 Å². The Morgan fingerprint density at radius 2 is 1.78 bits per heavy atom. The molecule has 0 radical (unpaired) electrons. The molecule has 0 bridgehead atoms. The van der Waals surface area contributed by atoms with Gasteiger partial charge in [-0.25, -0.2) is 10.9 Å². The van der Waals surface area contributed by atoms with Gasteiger partial charge in [-0.15, -0.1) is 0 Å². The lowest BCUT2D eigenvalue weighted by atomic mass is 10.0. The van der Waals surface area contributed by atoms with Crippen LogP contribution in [0.1, 0.15) is 72.1 Å². The number of carbonyl (C=O) groups excluding carboxylic acids is 2. The molecule has 0 saturated heterocycles. The molecule has 0 heterocycles. The summed E-state index contributed by atoms with van der Waals surface area (Å²) in [6.07, 6.45) is 9.86. The number of hydrogen-bond acceptors (Lipinski definition) is 4. The van der Waals surface area contributed by atoms with E-state index in [4.69, 9.17) is 5.21 Å². The van der Waals surface area contributed by atoms with Crippen LogP contribution < -0.4 is 10.9 Å². The average Bonchev–Trinajstić information content (AvgIpc) is 2.50. The molecular weight excluding hydrogens is 294 g/mol. The molecule has 2 amide bonds. The van der Waals surface area contributed by atoms with Crippen LogP contribution in [0.2, 0.25) is 0 Å². The van der Waals surface area contributed by atoms with Gasteiger partial charge in [-0.2, -0.15) is 5.10 Å². The molecule has 0 aromatic heterocycles. The maximum absolute atomic E-state index is 11.5. The van der Waals surface area contributed by atoms with E-state index in [9.17, 15) is 9.59 Å². The average molecular weight is 325 g/mol. The zero-order chi connectivity index (χ0) is 17.5. The summed E-state index contributed by atoms with van der Waals surface area (Å²) in [7, 11) is 0. The lowest BCUT2D eigenvalue weighted by Gasteiger charge is -2.06. The van der Waals surface area contributed by atoms with Crippen molar-refractivity contribution in [1.29, 1.82) is 0 Å². The normalized spacial score (nSPS) is 12.0. The SMILES string of the molecule is CC(C)=CCC[C@@H](C)C/C=N/NC(=O)CCCCCC(=O)NO. The van der Waals surface area contributed by atoms with Crippen molar-refractivity contribution < 1.29 is 14.8 Å². The second-order valence-electron chi connectivity index (χ2n) is 6.14. The van der Waals surface area contributed by atoms with Crippen molar-refractivity contribution in [2.24, 2.45) is 11.0 Å². The minimum absolute atomic E-state index is 0.106. The van der Waals surface area contributed by atoms with E-state index in [1.165, 1.54) is 5.57 Å². The maximum Gasteiger partial charge on any atom is 0.243 e. The van der Waals surface area contributed by atoms with Crippen LogP contribution in [0.25, 0.3) is 0 Å². The van der Waals surface area contributed by atoms with Gasteiger partial charge in [-0.05, 0) is 51.9 Å². The van der Waals surface area contributed by atoms with E-state index in [2.05, 4.69) is 37.4 Å². The highest BCUT2D eigenvalue weighted by Crippen LogP contribution is 2.10. The summed E-state index contributed by atoms with van der Waals surface area (Å²) in [5.41, 5.74) is 5.45. The van der Waals surface area contributed by atoms with Gasteiger partial charge in [-0.3, -0.25) is 14.8 Å². The lowest BCUT2D eigenvalue weighted by molar-refractivity contribution is -0.129. The molecule has 3 N–H and O–H groups in total. The second kappa shape index (κ2) is 13.9. The van der Waals surface area contributed by atoms with Gasteiger partial charge in [0.1, 0.15) is 0 Å². The number of carbonyl (C=O) groups is 2. The third-order valence-electron chi connectivity index (χ3n) is 3.43. The molecule has 0 spiro atoms. The fraction of sp³-hybridized carbons (Fsp3) is 0.706. The largest absolute Gasteiger partial charge is 0.289 e. The van der Waals surface area contributed by atoms with E-state index in [-0.39, 0.29) is 12.3 Å². The number of unbranched alkanes of at least 4 members (excludes halogenated alkanes) is 2. The molecule has 0 rings (SSSR count). The number of nitrogens with one attached hydrogen (secondary N) is 2. The number of hydrogen-bond donors (Lipinski definition) is 3. The first-order chi connectivity index (χ1) is 11.0. The smallest absolute Gasteiger partial charge is 0.243 e. The van der Waals surface area contributed by atoms with E-state index >= 15 is 0 Å². The number of hydroxylamine groups is 1. The van der Waals surface area contributed by atoms with Crippen LogP contribution >= 0.6 is 0 Å². The topological polar surface area (TPSA) is 90.8 Å². The molecule has 0 aliphatic heterocycles. The summed E-state index contributed by atoms with van der Waals surface area (Å²) < 4.78 is 0. The van der Waals surface area contributed by atoms with Crippen molar-refractivity contribution in [1.82, 2.24) is 10.9 Å². The van der Waals surface area contributed by atoms with Crippen LogP contribution in [0.5, 0.6) is 0 Å². The Hall–Kier alpha value is -1.69. The summed E-state index contributed by atoms with van der Waals surface area (Å²) >= 11 is 0. The van der Waals surface area contributed by atoms with Gasteiger partial charge in [0.25, 0.3) is 0 Å². The van der Waals surface area contributed by atoms with Gasteiger partial charge in [0.2, 0.25) is 11.8 Å². The van der Waals surface area contributed by atoms with Gasteiger partial charge in [0.15, 0.2) is 0 Å². The van der Waals surface area contributed by atoms with Crippen LogP contribution in [0, 0.1) is 5.92 Å². The van der Waals surface area contributed by atoms with Gasteiger partial charge >= 0.3 is 0 Å². The highest BCUT2D eigenvalue weighted by molar-refractivity contribution is 5.76. The van der Waals surface area contributed by atoms with Crippen molar-refractivity contribution in [3.8, 4) is 0 Å². The summed E-state index contributed by atoms with van der Waals surface area (Å²) in [4.78, 5) is 22.3. The van der Waals surface area contributed by atoms with E-state index in [0.29, 0.717) is 25.2 Å². The van der Waals surface area contributed by atoms with E-state index in [1.54, 1.807) is 11.7 Å². The molecule has 23 heavy (non-hydrogen) atoms. The predicted octanol–water partition coefficient (Wildman–Crippen LogP) is 3.32. The fourth-order valence-corrected chi connectivity index (χ4v) is 1.98. The molecule has 0 aromatic carbocycles. The molecule has 6 nitrogen and oxygen atoms in total. The number of amides is 2. The van der Waals surface area contributed by atoms with E-state index < -0.39 is 5.91 Å². The van der Waals surface area contributed by atoms with E-state index in [0.717, 1.165) is 25.7 Å². The van der Waals surface area contributed by atoms with Crippen molar-refractivity contribution >= 4 is 18.0 Å². The maximum atomic E-state index is 11.5. The zero-order valence-electron chi connectivity index (χ0n) is 14.6.